The smallest absolute Gasteiger partial charge is 0.423 e. The number of anilines is 1. The summed E-state index contributed by atoms with van der Waals surface area (Å²) >= 11 is 0. The summed E-state index contributed by atoms with van der Waals surface area (Å²) in [4.78, 5) is 13.8. The molecule has 1 heterocycles. The molecule has 2 rings (SSSR count). The largest absolute Gasteiger partial charge is 0.488 e. The maximum atomic E-state index is 11.8. The van der Waals surface area contributed by atoms with Crippen LogP contribution in [-0.2, 0) is 9.53 Å². The molecule has 0 saturated carbocycles. The molecular weight excluding hydrogens is 247 g/mol. The second-order valence-corrected chi connectivity index (χ2v) is 4.43. The molecule has 1 aliphatic rings. The molecule has 0 spiro atoms. The van der Waals surface area contributed by atoms with Crippen LogP contribution in [0.1, 0.15) is 0 Å². The monoisotopic (exact) mass is 264 g/mol. The fourth-order valence-electron chi connectivity index (χ4n) is 1.90. The first-order valence-corrected chi connectivity index (χ1v) is 6.21. The highest BCUT2D eigenvalue weighted by Crippen LogP contribution is 2.05. The van der Waals surface area contributed by atoms with E-state index >= 15 is 0 Å². The van der Waals surface area contributed by atoms with Gasteiger partial charge in [-0.25, -0.2) is 0 Å². The summed E-state index contributed by atoms with van der Waals surface area (Å²) in [5.74, 6) is -0.0841. The average molecular weight is 264 g/mol. The van der Waals surface area contributed by atoms with E-state index in [1.165, 1.54) is 0 Å². The zero-order valence-corrected chi connectivity index (χ0v) is 10.6. The lowest BCUT2D eigenvalue weighted by atomic mass is 9.80. The maximum absolute atomic E-state index is 11.8. The molecule has 1 aromatic carbocycles. The number of ether oxygens (including phenoxy) is 1. The molecule has 0 aliphatic carbocycles. The topological polar surface area (TPSA) is 82.0 Å². The summed E-state index contributed by atoms with van der Waals surface area (Å²) in [6, 6.07) is 6.42. The lowest BCUT2D eigenvalue weighted by Gasteiger charge is -2.25. The Morgan fingerprint density at radius 2 is 1.89 bits per heavy atom. The predicted octanol–water partition coefficient (Wildman–Crippen LogP) is -1.36. The van der Waals surface area contributed by atoms with Crippen LogP contribution in [0, 0.1) is 0 Å². The molecule has 0 atom stereocenters. The summed E-state index contributed by atoms with van der Waals surface area (Å²) in [7, 11) is -1.49. The predicted molar refractivity (Wildman–Crippen MR) is 72.2 cm³/mol. The molecule has 7 heteroatoms. The van der Waals surface area contributed by atoms with Crippen LogP contribution in [0.5, 0.6) is 0 Å². The standard InChI is InChI=1S/C12H17BN2O4/c16-12(9-15-5-7-19-8-6-15)14-11-3-1-10(2-4-11)13(17)18/h1-4,17-18H,5-9H2,(H,14,16). The Morgan fingerprint density at radius 1 is 1.26 bits per heavy atom. The Labute approximate surface area is 112 Å². The van der Waals surface area contributed by atoms with Crippen molar-refractivity contribution in [1.29, 1.82) is 0 Å². The molecule has 102 valence electrons. The van der Waals surface area contributed by atoms with E-state index in [-0.39, 0.29) is 5.91 Å². The molecular formula is C12H17BN2O4. The normalized spacial score (nSPS) is 16.1. The minimum Gasteiger partial charge on any atom is -0.423 e. The minimum absolute atomic E-state index is 0.0841. The van der Waals surface area contributed by atoms with E-state index < -0.39 is 7.12 Å². The van der Waals surface area contributed by atoms with E-state index in [4.69, 9.17) is 14.8 Å². The van der Waals surface area contributed by atoms with Crippen molar-refractivity contribution in [1.82, 2.24) is 4.90 Å². The summed E-state index contributed by atoms with van der Waals surface area (Å²) < 4.78 is 5.21. The average Bonchev–Trinajstić information content (AvgIpc) is 2.40. The van der Waals surface area contributed by atoms with Crippen LogP contribution in [0.4, 0.5) is 5.69 Å². The van der Waals surface area contributed by atoms with Crippen LogP contribution in [0.25, 0.3) is 0 Å². The van der Waals surface area contributed by atoms with Gasteiger partial charge in [-0.3, -0.25) is 9.69 Å². The molecule has 1 amide bonds. The fourth-order valence-corrected chi connectivity index (χ4v) is 1.90. The zero-order valence-electron chi connectivity index (χ0n) is 10.6. The van der Waals surface area contributed by atoms with Gasteiger partial charge >= 0.3 is 7.12 Å². The minimum atomic E-state index is -1.49. The lowest BCUT2D eigenvalue weighted by molar-refractivity contribution is -0.118. The van der Waals surface area contributed by atoms with Gasteiger partial charge in [-0.1, -0.05) is 12.1 Å². The van der Waals surface area contributed by atoms with E-state index in [1.807, 2.05) is 4.90 Å². The van der Waals surface area contributed by atoms with E-state index in [9.17, 15) is 4.79 Å². The Kier molecular flexibility index (Phi) is 4.92. The van der Waals surface area contributed by atoms with Crippen molar-refractivity contribution in [3.05, 3.63) is 24.3 Å². The van der Waals surface area contributed by atoms with Gasteiger partial charge in [0.25, 0.3) is 0 Å². The molecule has 1 saturated heterocycles. The van der Waals surface area contributed by atoms with Gasteiger partial charge in [0.1, 0.15) is 0 Å². The summed E-state index contributed by atoms with van der Waals surface area (Å²) in [5, 5.41) is 20.7. The number of amides is 1. The Morgan fingerprint density at radius 3 is 2.47 bits per heavy atom. The number of rotatable bonds is 4. The van der Waals surface area contributed by atoms with Crippen LogP contribution in [0.15, 0.2) is 24.3 Å². The molecule has 0 radical (unpaired) electrons. The van der Waals surface area contributed by atoms with E-state index in [0.717, 1.165) is 13.1 Å². The molecule has 1 aromatic rings. The van der Waals surface area contributed by atoms with Crippen LogP contribution in [0.3, 0.4) is 0 Å². The van der Waals surface area contributed by atoms with Crippen LogP contribution < -0.4 is 10.8 Å². The number of nitrogens with one attached hydrogen (secondary N) is 1. The van der Waals surface area contributed by atoms with Gasteiger partial charge in [0.15, 0.2) is 0 Å². The van der Waals surface area contributed by atoms with E-state index in [1.54, 1.807) is 24.3 Å². The Hall–Kier alpha value is -1.41. The number of carbonyl (C=O) groups is 1. The van der Waals surface area contributed by atoms with Crippen molar-refractivity contribution >= 4 is 24.2 Å². The highest BCUT2D eigenvalue weighted by molar-refractivity contribution is 6.58. The Balaban J connectivity index is 1.84. The quantitative estimate of drug-likeness (QED) is 0.585. The van der Waals surface area contributed by atoms with Gasteiger partial charge in [0, 0.05) is 18.8 Å². The molecule has 1 aliphatic heterocycles. The third-order valence-electron chi connectivity index (χ3n) is 2.96. The van der Waals surface area contributed by atoms with Crippen molar-refractivity contribution in [3.8, 4) is 0 Å². The van der Waals surface area contributed by atoms with Crippen LogP contribution in [0.2, 0.25) is 0 Å². The van der Waals surface area contributed by atoms with Crippen molar-refractivity contribution in [2.45, 2.75) is 0 Å². The molecule has 0 unspecified atom stereocenters. The highest BCUT2D eigenvalue weighted by atomic mass is 16.5. The van der Waals surface area contributed by atoms with Gasteiger partial charge in [-0.05, 0) is 17.6 Å². The fraction of sp³-hybridized carbons (Fsp3) is 0.417. The third-order valence-corrected chi connectivity index (χ3v) is 2.96. The Bertz CT molecular complexity index is 418. The van der Waals surface area contributed by atoms with Crippen molar-refractivity contribution in [3.63, 3.8) is 0 Å². The van der Waals surface area contributed by atoms with E-state index in [2.05, 4.69) is 5.32 Å². The van der Waals surface area contributed by atoms with Crippen LogP contribution in [-0.4, -0.2) is 60.8 Å². The lowest BCUT2D eigenvalue weighted by Crippen LogP contribution is -2.41. The maximum Gasteiger partial charge on any atom is 0.488 e. The number of nitrogens with zero attached hydrogens (tertiary/aromatic N) is 1. The summed E-state index contributed by atoms with van der Waals surface area (Å²) in [6.45, 7) is 3.20. The first-order valence-electron chi connectivity index (χ1n) is 6.21. The van der Waals surface area contributed by atoms with Gasteiger partial charge < -0.3 is 20.1 Å². The molecule has 1 fully saturated rings. The van der Waals surface area contributed by atoms with Gasteiger partial charge in [-0.2, -0.15) is 0 Å². The van der Waals surface area contributed by atoms with Gasteiger partial charge in [-0.15, -0.1) is 0 Å². The summed E-state index contributed by atoms with van der Waals surface area (Å²) in [5.41, 5.74) is 1.04. The SMILES string of the molecule is O=C(CN1CCOCC1)Nc1ccc(B(O)O)cc1. The van der Waals surface area contributed by atoms with Crippen molar-refractivity contribution < 1.29 is 19.6 Å². The first-order chi connectivity index (χ1) is 9.15. The number of carbonyl (C=O) groups excluding carboxylic acids is 1. The number of hydrogen-bond donors (Lipinski definition) is 3. The van der Waals surface area contributed by atoms with Gasteiger partial charge in [0.05, 0.1) is 19.8 Å². The first kappa shape index (κ1) is 14.0. The zero-order chi connectivity index (χ0) is 13.7. The van der Waals surface area contributed by atoms with Crippen LogP contribution >= 0.6 is 0 Å². The molecule has 0 aromatic heterocycles. The number of benzene rings is 1. The summed E-state index contributed by atoms with van der Waals surface area (Å²) in [6.07, 6.45) is 0. The number of hydrogen-bond acceptors (Lipinski definition) is 5. The van der Waals surface area contributed by atoms with Gasteiger partial charge in [0.2, 0.25) is 5.91 Å². The number of morpholine rings is 1. The molecule has 3 N–H and O–H groups in total. The highest BCUT2D eigenvalue weighted by Gasteiger charge is 2.14. The second kappa shape index (κ2) is 6.67. The third kappa shape index (κ3) is 4.32. The van der Waals surface area contributed by atoms with Crippen molar-refractivity contribution in [2.24, 2.45) is 0 Å². The van der Waals surface area contributed by atoms with Crippen molar-refractivity contribution in [2.75, 3.05) is 38.2 Å². The molecule has 19 heavy (non-hydrogen) atoms. The second-order valence-electron chi connectivity index (χ2n) is 4.43. The van der Waals surface area contributed by atoms with E-state index in [0.29, 0.717) is 30.9 Å². The molecule has 0 bridgehead atoms. The molecule has 6 nitrogen and oxygen atoms in total.